The standard InChI is InChI=1S/C12H12F4N4O4/c13-6-3-7(20(4-6)11(22)23)9(21)18-8-1-2-17-10(19-8)24-5-12(14,15)16/h1-2,6-7H,3-5H2,(H,22,23)(H,17,18,19,21)/t6-,7+/m1/s1. The molecule has 2 heterocycles. The minimum absolute atomic E-state index is 0.195. The number of halogens is 4. The van der Waals surface area contributed by atoms with Crippen molar-refractivity contribution in [1.29, 1.82) is 0 Å². The highest BCUT2D eigenvalue weighted by atomic mass is 19.4. The van der Waals surface area contributed by atoms with Crippen LogP contribution in [0.4, 0.5) is 28.2 Å². The maximum Gasteiger partial charge on any atom is 0.422 e. The normalized spacial score (nSPS) is 20.8. The van der Waals surface area contributed by atoms with E-state index >= 15 is 0 Å². The average molecular weight is 352 g/mol. The van der Waals surface area contributed by atoms with E-state index in [1.165, 1.54) is 6.07 Å². The molecule has 12 heteroatoms. The van der Waals surface area contributed by atoms with E-state index in [2.05, 4.69) is 20.0 Å². The molecule has 0 unspecified atom stereocenters. The Morgan fingerprint density at radius 3 is 2.79 bits per heavy atom. The Bertz CT molecular complexity index is 627. The second-order valence-electron chi connectivity index (χ2n) is 4.90. The maximum atomic E-state index is 13.3. The van der Waals surface area contributed by atoms with Gasteiger partial charge in [0.2, 0.25) is 5.91 Å². The van der Waals surface area contributed by atoms with Gasteiger partial charge in [0.25, 0.3) is 0 Å². The first-order valence-corrected chi connectivity index (χ1v) is 6.63. The molecule has 2 rings (SSSR count). The number of anilines is 1. The fourth-order valence-corrected chi connectivity index (χ4v) is 2.08. The van der Waals surface area contributed by atoms with Crippen LogP contribution in [0.1, 0.15) is 6.42 Å². The number of rotatable bonds is 4. The summed E-state index contributed by atoms with van der Waals surface area (Å²) in [4.78, 5) is 30.7. The number of carboxylic acid groups (broad SMARTS) is 1. The number of hydrogen-bond donors (Lipinski definition) is 2. The minimum Gasteiger partial charge on any atom is -0.465 e. The molecule has 0 radical (unpaired) electrons. The molecule has 0 aromatic carbocycles. The molecule has 0 saturated carbocycles. The summed E-state index contributed by atoms with van der Waals surface area (Å²) in [5.74, 6) is -1.04. The molecule has 2 atom stereocenters. The van der Waals surface area contributed by atoms with E-state index in [4.69, 9.17) is 5.11 Å². The van der Waals surface area contributed by atoms with Crippen molar-refractivity contribution in [3.05, 3.63) is 12.3 Å². The molecule has 132 valence electrons. The summed E-state index contributed by atoms with van der Waals surface area (Å²) in [5.41, 5.74) is 0. The molecule has 2 amide bonds. The minimum atomic E-state index is -4.58. The van der Waals surface area contributed by atoms with Crippen LogP contribution in [0.5, 0.6) is 6.01 Å². The fraction of sp³-hybridized carbons (Fsp3) is 0.500. The number of carbonyl (C=O) groups is 2. The first-order chi connectivity index (χ1) is 11.2. The number of nitrogens with one attached hydrogen (secondary N) is 1. The molecule has 0 bridgehead atoms. The van der Waals surface area contributed by atoms with E-state index in [0.717, 1.165) is 6.20 Å². The zero-order valence-corrected chi connectivity index (χ0v) is 12.0. The lowest BCUT2D eigenvalue weighted by atomic mass is 10.2. The van der Waals surface area contributed by atoms with Gasteiger partial charge in [-0.05, 0) is 6.07 Å². The monoisotopic (exact) mass is 352 g/mol. The predicted octanol–water partition coefficient (Wildman–Crippen LogP) is 1.45. The van der Waals surface area contributed by atoms with Gasteiger partial charge in [0.15, 0.2) is 6.61 Å². The first kappa shape index (κ1) is 17.7. The number of aromatic nitrogens is 2. The zero-order valence-electron chi connectivity index (χ0n) is 12.0. The van der Waals surface area contributed by atoms with Crippen LogP contribution in [0, 0.1) is 0 Å². The largest absolute Gasteiger partial charge is 0.465 e. The average Bonchev–Trinajstić information content (AvgIpc) is 2.87. The van der Waals surface area contributed by atoms with Crippen molar-refractivity contribution in [1.82, 2.24) is 14.9 Å². The summed E-state index contributed by atoms with van der Waals surface area (Å²) in [6, 6.07) is -0.701. The van der Waals surface area contributed by atoms with Crippen molar-refractivity contribution in [2.24, 2.45) is 0 Å². The van der Waals surface area contributed by atoms with E-state index in [1.807, 2.05) is 0 Å². The van der Waals surface area contributed by atoms with Crippen molar-refractivity contribution in [3.63, 3.8) is 0 Å². The predicted molar refractivity (Wildman–Crippen MR) is 70.2 cm³/mol. The van der Waals surface area contributed by atoms with E-state index in [1.54, 1.807) is 0 Å². The molecule has 1 aliphatic rings. The Morgan fingerprint density at radius 2 is 2.17 bits per heavy atom. The van der Waals surface area contributed by atoms with Gasteiger partial charge in [-0.15, -0.1) is 0 Å². The fourth-order valence-electron chi connectivity index (χ4n) is 2.08. The Labute approximate surface area is 132 Å². The van der Waals surface area contributed by atoms with Crippen LogP contribution < -0.4 is 10.1 Å². The van der Waals surface area contributed by atoms with Gasteiger partial charge in [0.05, 0.1) is 6.54 Å². The van der Waals surface area contributed by atoms with Gasteiger partial charge in [-0.1, -0.05) is 0 Å². The first-order valence-electron chi connectivity index (χ1n) is 6.63. The van der Waals surface area contributed by atoms with Gasteiger partial charge in [-0.3, -0.25) is 9.69 Å². The Hall–Kier alpha value is -2.66. The summed E-state index contributed by atoms with van der Waals surface area (Å²) in [7, 11) is 0. The van der Waals surface area contributed by atoms with E-state index < -0.39 is 49.6 Å². The number of alkyl halides is 4. The molecular weight excluding hydrogens is 340 g/mol. The summed E-state index contributed by atoms with van der Waals surface area (Å²) >= 11 is 0. The third-order valence-electron chi connectivity index (χ3n) is 3.05. The quantitative estimate of drug-likeness (QED) is 0.795. The van der Waals surface area contributed by atoms with Crippen LogP contribution in [0.2, 0.25) is 0 Å². The molecule has 0 aliphatic carbocycles. The Balaban J connectivity index is 2.02. The van der Waals surface area contributed by atoms with E-state index in [-0.39, 0.29) is 12.2 Å². The van der Waals surface area contributed by atoms with Crippen LogP contribution in [0.3, 0.4) is 0 Å². The highest BCUT2D eigenvalue weighted by molar-refractivity contribution is 5.96. The number of hydrogen-bond acceptors (Lipinski definition) is 5. The Kier molecular flexibility index (Phi) is 5.04. The van der Waals surface area contributed by atoms with Gasteiger partial charge in [0.1, 0.15) is 18.0 Å². The molecule has 1 aliphatic heterocycles. The van der Waals surface area contributed by atoms with Crippen molar-refractivity contribution < 1.29 is 37.0 Å². The van der Waals surface area contributed by atoms with Crippen molar-refractivity contribution in [2.45, 2.75) is 24.8 Å². The molecule has 1 fully saturated rings. The smallest absolute Gasteiger partial charge is 0.422 e. The van der Waals surface area contributed by atoms with Gasteiger partial charge in [0, 0.05) is 12.6 Å². The van der Waals surface area contributed by atoms with Crippen LogP contribution in [-0.2, 0) is 4.79 Å². The molecule has 24 heavy (non-hydrogen) atoms. The lowest BCUT2D eigenvalue weighted by Crippen LogP contribution is -2.42. The molecular formula is C12H12F4N4O4. The molecule has 1 aromatic rings. The second-order valence-corrected chi connectivity index (χ2v) is 4.90. The highest BCUT2D eigenvalue weighted by Gasteiger charge is 2.40. The molecule has 1 saturated heterocycles. The molecule has 2 N–H and O–H groups in total. The van der Waals surface area contributed by atoms with Gasteiger partial charge >= 0.3 is 18.3 Å². The lowest BCUT2D eigenvalue weighted by molar-refractivity contribution is -0.154. The second kappa shape index (κ2) is 6.84. The third kappa shape index (κ3) is 4.67. The number of likely N-dealkylation sites (tertiary alicyclic amines) is 1. The van der Waals surface area contributed by atoms with Crippen molar-refractivity contribution in [3.8, 4) is 6.01 Å². The summed E-state index contributed by atoms with van der Waals surface area (Å²) in [6.45, 7) is -2.04. The summed E-state index contributed by atoms with van der Waals surface area (Å²) in [5, 5.41) is 11.1. The van der Waals surface area contributed by atoms with Crippen LogP contribution >= 0.6 is 0 Å². The van der Waals surface area contributed by atoms with Crippen LogP contribution in [0.15, 0.2) is 12.3 Å². The SMILES string of the molecule is O=C(Nc1ccnc(OCC(F)(F)F)n1)[C@@H]1C[C@@H](F)CN1C(=O)O. The molecule has 0 spiro atoms. The van der Waals surface area contributed by atoms with Gasteiger partial charge in [-0.25, -0.2) is 14.2 Å². The number of amides is 2. The zero-order chi connectivity index (χ0) is 17.9. The molecule has 1 aromatic heterocycles. The third-order valence-corrected chi connectivity index (χ3v) is 3.05. The highest BCUT2D eigenvalue weighted by Crippen LogP contribution is 2.22. The number of nitrogens with zero attached hydrogens (tertiary/aromatic N) is 3. The maximum absolute atomic E-state index is 13.3. The van der Waals surface area contributed by atoms with Crippen LogP contribution in [0.25, 0.3) is 0 Å². The molecule has 8 nitrogen and oxygen atoms in total. The topological polar surface area (TPSA) is 105 Å². The van der Waals surface area contributed by atoms with Crippen LogP contribution in [-0.4, -0.2) is 63.5 Å². The van der Waals surface area contributed by atoms with E-state index in [9.17, 15) is 27.2 Å². The van der Waals surface area contributed by atoms with Gasteiger partial charge < -0.3 is 15.2 Å². The summed E-state index contributed by atoms with van der Waals surface area (Å²) < 4.78 is 53.8. The lowest BCUT2D eigenvalue weighted by Gasteiger charge is -2.19. The summed E-state index contributed by atoms with van der Waals surface area (Å²) in [6.07, 6.45) is -6.78. The van der Waals surface area contributed by atoms with Gasteiger partial charge in [-0.2, -0.15) is 18.2 Å². The van der Waals surface area contributed by atoms with Crippen molar-refractivity contribution in [2.75, 3.05) is 18.5 Å². The Morgan fingerprint density at radius 1 is 1.46 bits per heavy atom. The van der Waals surface area contributed by atoms with Crippen molar-refractivity contribution >= 4 is 17.8 Å². The van der Waals surface area contributed by atoms with E-state index in [0.29, 0.717) is 4.90 Å². The number of carbonyl (C=O) groups excluding carboxylic acids is 1. The number of ether oxygens (including phenoxy) is 1.